The molecule has 0 spiro atoms. The van der Waals surface area contributed by atoms with Crippen molar-refractivity contribution in [3.8, 4) is 11.3 Å². The number of hydrogen-bond acceptors (Lipinski definition) is 5. The molecular formula is C22H18ClN3O2S2. The van der Waals surface area contributed by atoms with Crippen molar-refractivity contribution < 1.29 is 9.21 Å². The van der Waals surface area contributed by atoms with E-state index < -0.39 is 5.91 Å². The number of aryl methyl sites for hydroxylation is 3. The Balaban J connectivity index is 1.45. The van der Waals surface area contributed by atoms with Gasteiger partial charge in [-0.25, -0.2) is 4.98 Å². The van der Waals surface area contributed by atoms with E-state index in [9.17, 15) is 4.79 Å². The fourth-order valence-electron chi connectivity index (χ4n) is 3.08. The van der Waals surface area contributed by atoms with Crippen molar-refractivity contribution in [3.05, 3.63) is 69.9 Å². The zero-order valence-corrected chi connectivity index (χ0v) is 18.9. The molecule has 0 radical (unpaired) electrons. The fraction of sp³-hybridized carbons (Fsp3) is 0.136. The molecule has 4 rings (SSSR count). The second-order valence-electron chi connectivity index (χ2n) is 6.98. The van der Waals surface area contributed by atoms with Crippen LogP contribution in [0, 0.1) is 20.8 Å². The van der Waals surface area contributed by atoms with Crippen molar-refractivity contribution in [2.24, 2.45) is 0 Å². The van der Waals surface area contributed by atoms with Gasteiger partial charge in [-0.15, -0.1) is 0 Å². The molecule has 0 atom stereocenters. The Bertz CT molecular complexity index is 1290. The number of amides is 1. The lowest BCUT2D eigenvalue weighted by atomic mass is 10.1. The minimum absolute atomic E-state index is 0.154. The van der Waals surface area contributed by atoms with Crippen LogP contribution in [0.5, 0.6) is 0 Å². The zero-order valence-electron chi connectivity index (χ0n) is 16.5. The van der Waals surface area contributed by atoms with E-state index in [1.165, 1.54) is 16.9 Å². The maximum atomic E-state index is 12.5. The first-order valence-electron chi connectivity index (χ1n) is 9.16. The van der Waals surface area contributed by atoms with Crippen LogP contribution >= 0.6 is 35.2 Å². The summed E-state index contributed by atoms with van der Waals surface area (Å²) in [5, 5.41) is 7.03. The van der Waals surface area contributed by atoms with Gasteiger partial charge in [0.05, 0.1) is 10.2 Å². The van der Waals surface area contributed by atoms with Crippen LogP contribution in [0.4, 0.5) is 5.13 Å². The summed E-state index contributed by atoms with van der Waals surface area (Å²) < 4.78 is 6.75. The first-order valence-corrected chi connectivity index (χ1v) is 10.8. The molecule has 0 saturated carbocycles. The summed E-state index contributed by atoms with van der Waals surface area (Å²) in [4.78, 5) is 17.1. The third-order valence-electron chi connectivity index (χ3n) is 4.56. The molecule has 0 saturated heterocycles. The number of benzene rings is 2. The third kappa shape index (κ3) is 4.23. The average Bonchev–Trinajstić information content (AvgIpc) is 3.31. The van der Waals surface area contributed by atoms with Crippen molar-refractivity contribution in [1.82, 2.24) is 10.3 Å². The molecule has 2 heterocycles. The highest BCUT2D eigenvalue weighted by Crippen LogP contribution is 2.29. The van der Waals surface area contributed by atoms with Crippen molar-refractivity contribution in [2.75, 3.05) is 5.32 Å². The Morgan fingerprint density at radius 3 is 2.67 bits per heavy atom. The SMILES string of the molecule is Cc1cc(C)c2nc(NC(=S)NC(=O)c3ccc(-c4ccc(C)c(Cl)c4)o3)sc2c1. The quantitative estimate of drug-likeness (QED) is 0.357. The van der Waals surface area contributed by atoms with Crippen LogP contribution in [0.2, 0.25) is 5.02 Å². The Hall–Kier alpha value is -2.74. The predicted molar refractivity (Wildman–Crippen MR) is 127 cm³/mol. The summed E-state index contributed by atoms with van der Waals surface area (Å²) in [6.07, 6.45) is 0. The number of rotatable bonds is 3. The molecule has 0 bridgehead atoms. The number of halogens is 1. The van der Waals surface area contributed by atoms with E-state index in [-0.39, 0.29) is 10.9 Å². The molecule has 0 aliphatic heterocycles. The maximum absolute atomic E-state index is 12.5. The van der Waals surface area contributed by atoms with Crippen molar-refractivity contribution >= 4 is 61.5 Å². The minimum atomic E-state index is -0.440. The van der Waals surface area contributed by atoms with Crippen LogP contribution in [0.25, 0.3) is 21.5 Å². The highest BCUT2D eigenvalue weighted by atomic mass is 35.5. The van der Waals surface area contributed by atoms with Crippen LogP contribution in [0.1, 0.15) is 27.2 Å². The van der Waals surface area contributed by atoms with Crippen molar-refractivity contribution in [1.29, 1.82) is 0 Å². The number of carbonyl (C=O) groups is 1. The predicted octanol–water partition coefficient (Wildman–Crippen LogP) is 6.26. The molecular weight excluding hydrogens is 438 g/mol. The standard InChI is InChI=1S/C22H18ClN3O2S2/c1-11-8-13(3)19-18(9-11)30-22(24-19)26-21(29)25-20(27)17-7-6-16(28-17)14-5-4-12(2)15(23)10-14/h4-10H,1-3H3,(H2,24,25,26,27,29). The van der Waals surface area contributed by atoms with E-state index in [1.807, 2.05) is 32.9 Å². The number of nitrogens with one attached hydrogen (secondary N) is 2. The smallest absolute Gasteiger partial charge is 0.293 e. The molecule has 0 unspecified atom stereocenters. The molecule has 2 aromatic carbocycles. The van der Waals surface area contributed by atoms with Gasteiger partial charge in [-0.05, 0) is 73.9 Å². The number of hydrogen-bond donors (Lipinski definition) is 2. The lowest BCUT2D eigenvalue weighted by Gasteiger charge is -2.05. The van der Waals surface area contributed by atoms with Crippen LogP contribution in [-0.2, 0) is 0 Å². The number of thiocarbonyl (C=S) groups is 1. The van der Waals surface area contributed by atoms with Gasteiger partial charge in [-0.2, -0.15) is 0 Å². The van der Waals surface area contributed by atoms with E-state index in [2.05, 4.69) is 27.8 Å². The Morgan fingerprint density at radius 2 is 1.90 bits per heavy atom. The highest BCUT2D eigenvalue weighted by molar-refractivity contribution is 7.80. The topological polar surface area (TPSA) is 67.2 Å². The van der Waals surface area contributed by atoms with Crippen LogP contribution in [0.3, 0.4) is 0 Å². The van der Waals surface area contributed by atoms with Crippen LogP contribution < -0.4 is 10.6 Å². The normalized spacial score (nSPS) is 10.9. The van der Waals surface area contributed by atoms with Gasteiger partial charge in [0.25, 0.3) is 5.91 Å². The number of anilines is 1. The number of fused-ring (bicyclic) bond motifs is 1. The molecule has 8 heteroatoms. The van der Waals surface area contributed by atoms with Gasteiger partial charge < -0.3 is 9.73 Å². The monoisotopic (exact) mass is 455 g/mol. The largest absolute Gasteiger partial charge is 0.451 e. The summed E-state index contributed by atoms with van der Waals surface area (Å²) in [7, 11) is 0. The molecule has 0 aliphatic rings. The lowest BCUT2D eigenvalue weighted by Crippen LogP contribution is -2.33. The van der Waals surface area contributed by atoms with E-state index in [1.54, 1.807) is 18.2 Å². The van der Waals surface area contributed by atoms with Crippen molar-refractivity contribution in [3.63, 3.8) is 0 Å². The average molecular weight is 456 g/mol. The Kier molecular flexibility index (Phi) is 5.60. The second kappa shape index (κ2) is 8.18. The number of nitrogens with zero attached hydrogens (tertiary/aromatic N) is 1. The number of furan rings is 1. The molecule has 4 aromatic rings. The molecule has 2 aromatic heterocycles. The van der Waals surface area contributed by atoms with Gasteiger partial charge in [-0.1, -0.05) is 41.1 Å². The van der Waals surface area contributed by atoms with E-state index in [4.69, 9.17) is 28.2 Å². The maximum Gasteiger partial charge on any atom is 0.293 e. The van der Waals surface area contributed by atoms with E-state index in [0.717, 1.165) is 26.9 Å². The number of aromatic nitrogens is 1. The third-order valence-corrected chi connectivity index (χ3v) is 6.09. The highest BCUT2D eigenvalue weighted by Gasteiger charge is 2.15. The van der Waals surface area contributed by atoms with Gasteiger partial charge in [0, 0.05) is 10.6 Å². The van der Waals surface area contributed by atoms with E-state index in [0.29, 0.717) is 15.9 Å². The van der Waals surface area contributed by atoms with Gasteiger partial charge in [-0.3, -0.25) is 10.1 Å². The van der Waals surface area contributed by atoms with Gasteiger partial charge in [0.15, 0.2) is 16.0 Å². The first kappa shape index (κ1) is 20.5. The molecule has 0 aliphatic carbocycles. The summed E-state index contributed by atoms with van der Waals surface area (Å²) in [6.45, 7) is 6.00. The van der Waals surface area contributed by atoms with E-state index >= 15 is 0 Å². The molecule has 0 fully saturated rings. The van der Waals surface area contributed by atoms with Crippen molar-refractivity contribution in [2.45, 2.75) is 20.8 Å². The van der Waals surface area contributed by atoms with Crippen LogP contribution in [0.15, 0.2) is 46.9 Å². The lowest BCUT2D eigenvalue weighted by molar-refractivity contribution is 0.0951. The number of thiazole rings is 1. The molecule has 5 nitrogen and oxygen atoms in total. The summed E-state index contributed by atoms with van der Waals surface area (Å²) >= 11 is 12.9. The molecule has 152 valence electrons. The molecule has 30 heavy (non-hydrogen) atoms. The summed E-state index contributed by atoms with van der Waals surface area (Å²) in [5.74, 6) is 0.268. The molecule has 1 amide bonds. The van der Waals surface area contributed by atoms with Crippen LogP contribution in [-0.4, -0.2) is 16.0 Å². The van der Waals surface area contributed by atoms with Gasteiger partial charge >= 0.3 is 0 Å². The zero-order chi connectivity index (χ0) is 21.4. The fourth-order valence-corrected chi connectivity index (χ4v) is 4.56. The molecule has 2 N–H and O–H groups in total. The summed E-state index contributed by atoms with van der Waals surface area (Å²) in [6, 6.07) is 13.1. The second-order valence-corrected chi connectivity index (χ2v) is 8.83. The number of carbonyl (C=O) groups excluding carboxylic acids is 1. The Labute approximate surface area is 188 Å². The summed E-state index contributed by atoms with van der Waals surface area (Å²) in [5.41, 5.74) is 4.97. The first-order chi connectivity index (χ1) is 14.3. The van der Waals surface area contributed by atoms with Gasteiger partial charge in [0.2, 0.25) is 0 Å². The van der Waals surface area contributed by atoms with Gasteiger partial charge in [0.1, 0.15) is 5.76 Å². The Morgan fingerprint density at radius 1 is 1.10 bits per heavy atom. The minimum Gasteiger partial charge on any atom is -0.451 e.